The first-order chi connectivity index (χ1) is 14.5. The van der Waals surface area contributed by atoms with Crippen LogP contribution >= 0.6 is 0 Å². The molecule has 30 heavy (non-hydrogen) atoms. The number of nitrogens with zero attached hydrogens (tertiary/aromatic N) is 1. The summed E-state index contributed by atoms with van der Waals surface area (Å²) in [6, 6.07) is 26.0. The number of fused-ring (bicyclic) bond motifs is 1. The maximum Gasteiger partial charge on any atom is 0.256 e. The van der Waals surface area contributed by atoms with Gasteiger partial charge in [-0.1, -0.05) is 68.4 Å². The molecule has 0 unspecified atom stereocenters. The Morgan fingerprint density at radius 2 is 1.70 bits per heavy atom. The highest BCUT2D eigenvalue weighted by Gasteiger charge is 2.14. The van der Waals surface area contributed by atoms with Crippen LogP contribution in [-0.2, 0) is 6.42 Å². The van der Waals surface area contributed by atoms with Gasteiger partial charge in [0.1, 0.15) is 0 Å². The predicted molar refractivity (Wildman–Crippen MR) is 125 cm³/mol. The van der Waals surface area contributed by atoms with Crippen molar-refractivity contribution in [2.45, 2.75) is 27.2 Å². The van der Waals surface area contributed by atoms with Crippen molar-refractivity contribution in [1.82, 2.24) is 4.98 Å². The summed E-state index contributed by atoms with van der Waals surface area (Å²) in [5, 5.41) is 3.88. The van der Waals surface area contributed by atoms with E-state index in [0.717, 1.165) is 39.8 Å². The third kappa shape index (κ3) is 4.41. The van der Waals surface area contributed by atoms with Crippen LogP contribution < -0.4 is 5.32 Å². The topological polar surface area (TPSA) is 42.0 Å². The molecule has 0 radical (unpaired) electrons. The molecule has 0 saturated carbocycles. The Morgan fingerprint density at radius 1 is 0.933 bits per heavy atom. The summed E-state index contributed by atoms with van der Waals surface area (Å²) in [5.41, 5.74) is 6.47. The smallest absolute Gasteiger partial charge is 0.256 e. The summed E-state index contributed by atoms with van der Waals surface area (Å²) in [5.74, 6) is 0.489. The van der Waals surface area contributed by atoms with Crippen molar-refractivity contribution in [2.24, 2.45) is 5.92 Å². The fourth-order valence-electron chi connectivity index (χ4n) is 3.72. The molecule has 3 heteroatoms. The number of anilines is 1. The second kappa shape index (κ2) is 8.50. The largest absolute Gasteiger partial charge is 0.322 e. The van der Waals surface area contributed by atoms with Gasteiger partial charge in [-0.05, 0) is 54.7 Å². The van der Waals surface area contributed by atoms with Crippen LogP contribution in [0.4, 0.5) is 5.69 Å². The lowest BCUT2D eigenvalue weighted by Gasteiger charge is -2.12. The summed E-state index contributed by atoms with van der Waals surface area (Å²) in [6.45, 7) is 6.45. The van der Waals surface area contributed by atoms with E-state index in [1.54, 1.807) is 0 Å². The van der Waals surface area contributed by atoms with Gasteiger partial charge in [-0.15, -0.1) is 0 Å². The Labute approximate surface area is 177 Å². The molecule has 1 amide bonds. The summed E-state index contributed by atoms with van der Waals surface area (Å²) < 4.78 is 0. The van der Waals surface area contributed by atoms with Gasteiger partial charge in [0.05, 0.1) is 16.8 Å². The number of aryl methyl sites for hydroxylation is 1. The molecular formula is C27H26N2O. The molecule has 1 N–H and O–H groups in total. The zero-order valence-corrected chi connectivity index (χ0v) is 17.6. The average molecular weight is 395 g/mol. The minimum atomic E-state index is -0.128. The minimum absolute atomic E-state index is 0.128. The maximum absolute atomic E-state index is 13.2. The van der Waals surface area contributed by atoms with Crippen LogP contribution in [-0.4, -0.2) is 10.9 Å². The second-order valence-electron chi connectivity index (χ2n) is 8.19. The Balaban J connectivity index is 1.73. The molecule has 4 rings (SSSR count). The van der Waals surface area contributed by atoms with Crippen LogP contribution in [0.3, 0.4) is 0 Å². The number of aromatic nitrogens is 1. The molecule has 0 spiro atoms. The third-order valence-electron chi connectivity index (χ3n) is 5.13. The number of pyridine rings is 1. The second-order valence-corrected chi connectivity index (χ2v) is 8.19. The van der Waals surface area contributed by atoms with E-state index in [2.05, 4.69) is 43.4 Å². The molecule has 0 atom stereocenters. The standard InChI is InChI=1S/C27H26N2O/c1-18(2)15-20-11-13-21(14-12-20)26-17-24(23-9-4-5-10-25(23)29-26)27(30)28-22-8-6-7-19(3)16-22/h4-14,16-18H,15H2,1-3H3,(H,28,30). The van der Waals surface area contributed by atoms with Crippen LogP contribution in [0.2, 0.25) is 0 Å². The summed E-state index contributed by atoms with van der Waals surface area (Å²) in [7, 11) is 0. The maximum atomic E-state index is 13.2. The highest BCUT2D eigenvalue weighted by molar-refractivity contribution is 6.13. The first-order valence-corrected chi connectivity index (χ1v) is 10.4. The van der Waals surface area contributed by atoms with Crippen molar-refractivity contribution in [3.63, 3.8) is 0 Å². The number of hydrogen-bond donors (Lipinski definition) is 1. The van der Waals surface area contributed by atoms with Crippen molar-refractivity contribution < 1.29 is 4.79 Å². The molecule has 4 aromatic rings. The molecule has 0 bridgehead atoms. The van der Waals surface area contributed by atoms with Crippen molar-refractivity contribution in [2.75, 3.05) is 5.32 Å². The zero-order chi connectivity index (χ0) is 21.1. The van der Waals surface area contributed by atoms with Crippen molar-refractivity contribution in [3.8, 4) is 11.3 Å². The van der Waals surface area contributed by atoms with E-state index in [1.807, 2.05) is 61.5 Å². The number of para-hydroxylation sites is 1. The number of carbonyl (C=O) groups excluding carboxylic acids is 1. The van der Waals surface area contributed by atoms with Crippen LogP contribution in [0.25, 0.3) is 22.2 Å². The quantitative estimate of drug-likeness (QED) is 0.411. The molecule has 0 aliphatic rings. The first kappa shape index (κ1) is 19.8. The van der Waals surface area contributed by atoms with E-state index in [-0.39, 0.29) is 5.91 Å². The Morgan fingerprint density at radius 3 is 2.43 bits per heavy atom. The van der Waals surface area contributed by atoms with Crippen molar-refractivity contribution >= 4 is 22.5 Å². The number of amides is 1. The van der Waals surface area contributed by atoms with Crippen molar-refractivity contribution in [3.05, 3.63) is 95.6 Å². The Bertz CT molecular complexity index is 1190. The molecule has 3 nitrogen and oxygen atoms in total. The highest BCUT2D eigenvalue weighted by Crippen LogP contribution is 2.26. The fraction of sp³-hybridized carbons (Fsp3) is 0.185. The van der Waals surface area contributed by atoms with E-state index in [1.165, 1.54) is 5.56 Å². The van der Waals surface area contributed by atoms with Crippen LogP contribution in [0.5, 0.6) is 0 Å². The van der Waals surface area contributed by atoms with E-state index in [0.29, 0.717) is 11.5 Å². The van der Waals surface area contributed by atoms with Gasteiger partial charge in [-0.25, -0.2) is 4.98 Å². The van der Waals surface area contributed by atoms with Gasteiger partial charge in [-0.2, -0.15) is 0 Å². The number of benzene rings is 3. The number of carbonyl (C=O) groups is 1. The number of nitrogens with one attached hydrogen (secondary N) is 1. The van der Waals surface area contributed by atoms with Crippen LogP contribution in [0.1, 0.15) is 35.3 Å². The molecule has 0 fully saturated rings. The molecule has 3 aromatic carbocycles. The number of rotatable bonds is 5. The monoisotopic (exact) mass is 394 g/mol. The predicted octanol–water partition coefficient (Wildman–Crippen LogP) is 6.66. The lowest BCUT2D eigenvalue weighted by molar-refractivity contribution is 0.102. The lowest BCUT2D eigenvalue weighted by Crippen LogP contribution is -2.13. The Kier molecular flexibility index (Phi) is 5.62. The average Bonchev–Trinajstić information content (AvgIpc) is 2.73. The van der Waals surface area contributed by atoms with Crippen molar-refractivity contribution in [1.29, 1.82) is 0 Å². The molecule has 1 heterocycles. The SMILES string of the molecule is Cc1cccc(NC(=O)c2cc(-c3ccc(CC(C)C)cc3)nc3ccccc23)c1. The molecule has 1 aromatic heterocycles. The van der Waals surface area contributed by atoms with E-state index in [4.69, 9.17) is 4.98 Å². The van der Waals surface area contributed by atoms with Gasteiger partial charge < -0.3 is 5.32 Å². The van der Waals surface area contributed by atoms with E-state index in [9.17, 15) is 4.79 Å². The van der Waals surface area contributed by atoms with E-state index < -0.39 is 0 Å². The minimum Gasteiger partial charge on any atom is -0.322 e. The van der Waals surface area contributed by atoms with Gasteiger partial charge >= 0.3 is 0 Å². The first-order valence-electron chi connectivity index (χ1n) is 10.4. The Hall–Kier alpha value is -3.46. The fourth-order valence-corrected chi connectivity index (χ4v) is 3.72. The highest BCUT2D eigenvalue weighted by atomic mass is 16.1. The zero-order valence-electron chi connectivity index (χ0n) is 17.6. The molecule has 0 saturated heterocycles. The summed E-state index contributed by atoms with van der Waals surface area (Å²) >= 11 is 0. The van der Waals surface area contributed by atoms with Crippen LogP contribution in [0.15, 0.2) is 78.9 Å². The normalized spacial score (nSPS) is 11.1. The van der Waals surface area contributed by atoms with Crippen LogP contribution in [0, 0.1) is 12.8 Å². The lowest BCUT2D eigenvalue weighted by atomic mass is 9.99. The molecule has 0 aliphatic heterocycles. The van der Waals surface area contributed by atoms with Gasteiger partial charge in [0.15, 0.2) is 0 Å². The van der Waals surface area contributed by atoms with Gasteiger partial charge in [0.2, 0.25) is 0 Å². The molecule has 0 aliphatic carbocycles. The van der Waals surface area contributed by atoms with Gasteiger partial charge in [0.25, 0.3) is 5.91 Å². The van der Waals surface area contributed by atoms with Gasteiger partial charge in [-0.3, -0.25) is 4.79 Å². The molecule has 150 valence electrons. The summed E-state index contributed by atoms with van der Waals surface area (Å²) in [4.78, 5) is 18.0. The third-order valence-corrected chi connectivity index (χ3v) is 5.13. The molecular weight excluding hydrogens is 368 g/mol. The van der Waals surface area contributed by atoms with E-state index >= 15 is 0 Å². The number of hydrogen-bond acceptors (Lipinski definition) is 2. The van der Waals surface area contributed by atoms with Gasteiger partial charge in [0, 0.05) is 16.6 Å². The summed E-state index contributed by atoms with van der Waals surface area (Å²) in [6.07, 6.45) is 1.05.